The van der Waals surface area contributed by atoms with Crippen molar-refractivity contribution in [2.24, 2.45) is 0 Å². The molecule has 6 heteroatoms. The van der Waals surface area contributed by atoms with Crippen molar-refractivity contribution < 1.29 is 4.74 Å². The summed E-state index contributed by atoms with van der Waals surface area (Å²) >= 11 is 5.20. The Kier molecular flexibility index (Phi) is 3.21. The topological polar surface area (TPSA) is 47.8 Å². The zero-order valence-corrected chi connectivity index (χ0v) is 10.1. The van der Waals surface area contributed by atoms with Gasteiger partial charge in [0.05, 0.1) is 25.0 Å². The summed E-state index contributed by atoms with van der Waals surface area (Å²) in [4.78, 5) is 3.00. The van der Waals surface area contributed by atoms with Crippen LogP contribution in [0.15, 0.2) is 18.6 Å². The molecule has 2 aromatic rings. The summed E-state index contributed by atoms with van der Waals surface area (Å²) in [6.07, 6.45) is 5.64. The van der Waals surface area contributed by atoms with Gasteiger partial charge in [0.2, 0.25) is 0 Å². The van der Waals surface area contributed by atoms with E-state index in [9.17, 15) is 0 Å². The second-order valence-electron chi connectivity index (χ2n) is 3.53. The fourth-order valence-corrected chi connectivity index (χ4v) is 1.86. The lowest BCUT2D eigenvalue weighted by Crippen LogP contribution is -2.04. The number of nitrogens with one attached hydrogen (secondary N) is 1. The van der Waals surface area contributed by atoms with Crippen LogP contribution in [0, 0.1) is 11.7 Å². The molecule has 0 aliphatic rings. The highest BCUT2D eigenvalue weighted by atomic mass is 32.1. The van der Waals surface area contributed by atoms with E-state index in [4.69, 9.17) is 17.0 Å². The van der Waals surface area contributed by atoms with E-state index >= 15 is 0 Å². The number of rotatable bonds is 4. The molecule has 1 N–H and O–H groups in total. The van der Waals surface area contributed by atoms with Gasteiger partial charge in [-0.25, -0.2) is 0 Å². The zero-order valence-electron chi connectivity index (χ0n) is 9.30. The van der Waals surface area contributed by atoms with Crippen molar-refractivity contribution in [3.63, 3.8) is 0 Å². The molecule has 0 aliphatic carbocycles. The highest BCUT2D eigenvalue weighted by Crippen LogP contribution is 2.10. The normalized spacial score (nSPS) is 10.9. The lowest BCUT2D eigenvalue weighted by atomic mass is 10.5. The van der Waals surface area contributed by atoms with Crippen molar-refractivity contribution in [1.82, 2.24) is 19.3 Å². The highest BCUT2D eigenvalue weighted by Gasteiger charge is 2.04. The number of aromatic nitrogens is 4. The van der Waals surface area contributed by atoms with Gasteiger partial charge < -0.3 is 9.72 Å². The highest BCUT2D eigenvalue weighted by molar-refractivity contribution is 7.71. The molecule has 0 fully saturated rings. The zero-order chi connectivity index (χ0) is 11.5. The van der Waals surface area contributed by atoms with Crippen molar-refractivity contribution in [2.75, 3.05) is 13.7 Å². The van der Waals surface area contributed by atoms with Gasteiger partial charge in [-0.15, -0.1) is 0 Å². The molecule has 2 rings (SSSR count). The molecule has 0 radical (unpaired) electrons. The standard InChI is InChI=1S/C10H14N4OS/c1-8-5-11-10(16)14(8)9-6-12-13(7-9)3-4-15-2/h5-7H,3-4H2,1-2H3,(H,11,16). The van der Waals surface area contributed by atoms with E-state index in [1.807, 2.05) is 28.6 Å². The molecule has 0 bridgehead atoms. The summed E-state index contributed by atoms with van der Waals surface area (Å²) in [6, 6.07) is 0. The maximum atomic E-state index is 5.20. The second-order valence-corrected chi connectivity index (χ2v) is 3.91. The van der Waals surface area contributed by atoms with Crippen molar-refractivity contribution in [1.29, 1.82) is 0 Å². The van der Waals surface area contributed by atoms with Crippen LogP contribution in [-0.2, 0) is 11.3 Å². The van der Waals surface area contributed by atoms with Gasteiger partial charge in [0.15, 0.2) is 4.77 Å². The summed E-state index contributed by atoms with van der Waals surface area (Å²) in [5, 5.41) is 4.25. The van der Waals surface area contributed by atoms with Gasteiger partial charge in [-0.3, -0.25) is 9.25 Å². The van der Waals surface area contributed by atoms with Crippen LogP contribution in [0.25, 0.3) is 5.69 Å². The fraction of sp³-hybridized carbons (Fsp3) is 0.400. The fourth-order valence-electron chi connectivity index (χ4n) is 1.55. The summed E-state index contributed by atoms with van der Waals surface area (Å²) in [5.41, 5.74) is 2.04. The van der Waals surface area contributed by atoms with Gasteiger partial charge in [0.25, 0.3) is 0 Å². The van der Waals surface area contributed by atoms with E-state index in [-0.39, 0.29) is 0 Å². The minimum absolute atomic E-state index is 0.651. The molecule has 2 aromatic heterocycles. The Labute approximate surface area is 98.7 Å². The third kappa shape index (κ3) is 2.07. The van der Waals surface area contributed by atoms with Crippen LogP contribution < -0.4 is 0 Å². The first kappa shape index (κ1) is 11.1. The Morgan fingerprint density at radius 3 is 3.00 bits per heavy atom. The SMILES string of the molecule is COCCn1cc(-n2c(C)c[nH]c2=S)cn1. The summed E-state index contributed by atoms with van der Waals surface area (Å²) in [5.74, 6) is 0. The molecule has 86 valence electrons. The lowest BCUT2D eigenvalue weighted by molar-refractivity contribution is 0.183. The minimum atomic E-state index is 0.651. The Morgan fingerprint density at radius 1 is 1.56 bits per heavy atom. The third-order valence-corrected chi connectivity index (χ3v) is 2.66. The Balaban J connectivity index is 2.28. The summed E-state index contributed by atoms with van der Waals surface area (Å²) in [6.45, 7) is 3.39. The number of imidazole rings is 1. The van der Waals surface area contributed by atoms with E-state index in [2.05, 4.69) is 10.1 Å². The molecule has 0 unspecified atom stereocenters. The van der Waals surface area contributed by atoms with Crippen LogP contribution in [0.4, 0.5) is 0 Å². The van der Waals surface area contributed by atoms with Gasteiger partial charge in [0, 0.05) is 25.2 Å². The molecular weight excluding hydrogens is 224 g/mol. The molecule has 0 aliphatic heterocycles. The van der Waals surface area contributed by atoms with Crippen LogP contribution in [0.1, 0.15) is 5.69 Å². The van der Waals surface area contributed by atoms with Crippen molar-refractivity contribution in [3.8, 4) is 5.69 Å². The van der Waals surface area contributed by atoms with Gasteiger partial charge in [-0.05, 0) is 19.1 Å². The van der Waals surface area contributed by atoms with E-state index in [1.54, 1.807) is 13.3 Å². The average molecular weight is 238 g/mol. The molecule has 0 atom stereocenters. The summed E-state index contributed by atoms with van der Waals surface area (Å²) in [7, 11) is 1.68. The number of ether oxygens (including phenoxy) is 1. The third-order valence-electron chi connectivity index (χ3n) is 2.36. The maximum absolute atomic E-state index is 5.20. The number of H-pyrrole nitrogens is 1. The molecule has 5 nitrogen and oxygen atoms in total. The summed E-state index contributed by atoms with van der Waals surface area (Å²) < 4.78 is 9.47. The van der Waals surface area contributed by atoms with Crippen LogP contribution in [-0.4, -0.2) is 33.0 Å². The van der Waals surface area contributed by atoms with Gasteiger partial charge >= 0.3 is 0 Å². The van der Waals surface area contributed by atoms with Crippen molar-refractivity contribution >= 4 is 12.2 Å². The van der Waals surface area contributed by atoms with Gasteiger partial charge in [-0.2, -0.15) is 5.10 Å². The quantitative estimate of drug-likeness (QED) is 0.824. The first-order valence-corrected chi connectivity index (χ1v) is 5.42. The van der Waals surface area contributed by atoms with Crippen LogP contribution in [0.3, 0.4) is 0 Å². The Morgan fingerprint density at radius 2 is 2.38 bits per heavy atom. The first-order chi connectivity index (χ1) is 7.72. The lowest BCUT2D eigenvalue weighted by Gasteiger charge is -2.01. The number of methoxy groups -OCH3 is 1. The van der Waals surface area contributed by atoms with E-state index in [1.165, 1.54) is 0 Å². The molecule has 16 heavy (non-hydrogen) atoms. The number of aryl methyl sites for hydroxylation is 1. The van der Waals surface area contributed by atoms with Gasteiger partial charge in [0.1, 0.15) is 0 Å². The predicted molar refractivity (Wildman–Crippen MR) is 63.4 cm³/mol. The smallest absolute Gasteiger partial charge is 0.182 e. The number of hydrogen-bond acceptors (Lipinski definition) is 3. The second kappa shape index (κ2) is 4.63. The first-order valence-electron chi connectivity index (χ1n) is 5.01. The minimum Gasteiger partial charge on any atom is -0.383 e. The number of nitrogens with zero attached hydrogens (tertiary/aromatic N) is 3. The molecule has 0 amide bonds. The predicted octanol–water partition coefficient (Wildman–Crippen LogP) is 1.69. The number of hydrogen-bond donors (Lipinski definition) is 1. The monoisotopic (exact) mass is 238 g/mol. The maximum Gasteiger partial charge on any atom is 0.182 e. The van der Waals surface area contributed by atoms with E-state index in [0.29, 0.717) is 11.4 Å². The van der Waals surface area contributed by atoms with Gasteiger partial charge in [-0.1, -0.05) is 0 Å². The molecule has 0 aromatic carbocycles. The molecule has 0 saturated carbocycles. The molecule has 0 saturated heterocycles. The Hall–Kier alpha value is -1.40. The average Bonchev–Trinajstić information content (AvgIpc) is 2.83. The molecular formula is C10H14N4OS. The van der Waals surface area contributed by atoms with Crippen LogP contribution >= 0.6 is 12.2 Å². The van der Waals surface area contributed by atoms with Crippen LogP contribution in [0.2, 0.25) is 0 Å². The van der Waals surface area contributed by atoms with Crippen molar-refractivity contribution in [3.05, 3.63) is 29.1 Å². The van der Waals surface area contributed by atoms with E-state index < -0.39 is 0 Å². The van der Waals surface area contributed by atoms with E-state index in [0.717, 1.165) is 17.9 Å². The molecule has 0 spiro atoms. The molecule has 2 heterocycles. The van der Waals surface area contributed by atoms with Crippen molar-refractivity contribution in [2.45, 2.75) is 13.5 Å². The Bertz CT molecular complexity index is 525. The largest absolute Gasteiger partial charge is 0.383 e. The van der Waals surface area contributed by atoms with Crippen LogP contribution in [0.5, 0.6) is 0 Å². The number of aromatic amines is 1.